The number of nitrogens with zero attached hydrogens (tertiary/aromatic N) is 5. The molecule has 1 aliphatic heterocycles. The van der Waals surface area contributed by atoms with Gasteiger partial charge in [-0.05, 0) is 12.1 Å². The number of hydrogen-bond donors (Lipinski definition) is 0. The summed E-state index contributed by atoms with van der Waals surface area (Å²) < 4.78 is 50.2. The monoisotopic (exact) mass is 509 g/mol. The third-order valence-electron chi connectivity index (χ3n) is 5.14. The predicted octanol–water partition coefficient (Wildman–Crippen LogP) is 1.97. The quantitative estimate of drug-likeness (QED) is 0.422. The molecule has 2 aromatic heterocycles. The van der Waals surface area contributed by atoms with Crippen LogP contribution in [0, 0.1) is 0 Å². The molecular formula is C21H24ClN5O6S. The average Bonchev–Trinajstić information content (AvgIpc) is 3.25. The Balaban J connectivity index is 1.70. The zero-order valence-electron chi connectivity index (χ0n) is 18.7. The minimum atomic E-state index is -3.62. The van der Waals surface area contributed by atoms with Crippen molar-refractivity contribution in [1.82, 2.24) is 24.7 Å². The van der Waals surface area contributed by atoms with Crippen LogP contribution in [0.3, 0.4) is 0 Å². The van der Waals surface area contributed by atoms with Gasteiger partial charge in [-0.15, -0.1) is 10.2 Å². The van der Waals surface area contributed by atoms with Crippen LogP contribution in [-0.4, -0.2) is 72.9 Å². The molecule has 3 aromatic rings. The molecule has 0 aliphatic carbocycles. The third kappa shape index (κ3) is 5.46. The first-order valence-electron chi connectivity index (χ1n) is 10.4. The van der Waals surface area contributed by atoms with Gasteiger partial charge in [0.05, 0.1) is 44.8 Å². The van der Waals surface area contributed by atoms with Crippen molar-refractivity contribution in [3.63, 3.8) is 0 Å². The second-order valence-electron chi connectivity index (χ2n) is 7.41. The summed E-state index contributed by atoms with van der Waals surface area (Å²) in [6, 6.07) is 5.26. The minimum Gasteiger partial charge on any atom is -0.494 e. The van der Waals surface area contributed by atoms with Crippen LogP contribution in [0.5, 0.6) is 11.5 Å². The molecule has 13 heteroatoms. The first kappa shape index (κ1) is 24.3. The van der Waals surface area contributed by atoms with E-state index in [9.17, 15) is 8.42 Å². The Bertz CT molecular complexity index is 1210. The zero-order valence-corrected chi connectivity index (χ0v) is 20.3. The van der Waals surface area contributed by atoms with E-state index in [4.69, 9.17) is 30.5 Å². The van der Waals surface area contributed by atoms with E-state index in [1.807, 2.05) is 0 Å². The summed E-state index contributed by atoms with van der Waals surface area (Å²) in [5.41, 5.74) is 0.480. The number of hydrogen-bond acceptors (Lipinski definition) is 10. The average molecular weight is 510 g/mol. The van der Waals surface area contributed by atoms with E-state index >= 15 is 0 Å². The van der Waals surface area contributed by atoms with E-state index < -0.39 is 15.9 Å². The van der Waals surface area contributed by atoms with Gasteiger partial charge in [0.1, 0.15) is 34.9 Å². The van der Waals surface area contributed by atoms with Gasteiger partial charge in [-0.1, -0.05) is 17.7 Å². The van der Waals surface area contributed by atoms with Crippen LogP contribution >= 0.6 is 11.6 Å². The molecule has 0 bridgehead atoms. The van der Waals surface area contributed by atoms with Crippen LogP contribution in [0.4, 0.5) is 0 Å². The van der Waals surface area contributed by atoms with Crippen molar-refractivity contribution in [1.29, 1.82) is 0 Å². The van der Waals surface area contributed by atoms with Gasteiger partial charge in [0.15, 0.2) is 21.5 Å². The summed E-state index contributed by atoms with van der Waals surface area (Å²) in [5.74, 6) is 1.35. The molecule has 1 aromatic carbocycles. The van der Waals surface area contributed by atoms with Crippen LogP contribution in [-0.2, 0) is 31.5 Å². The normalized spacial score (nSPS) is 16.4. The van der Waals surface area contributed by atoms with Gasteiger partial charge in [-0.3, -0.25) is 4.57 Å². The Morgan fingerprint density at radius 2 is 1.82 bits per heavy atom. The van der Waals surface area contributed by atoms with Crippen LogP contribution in [0.15, 0.2) is 30.6 Å². The Labute approximate surface area is 201 Å². The SMILES string of the molecule is COc1cccc(OC)c1-n1c(CS(=O)(=O)CCc2ncc(Cl)cn2)nnc1C1COCCO1. The number of halogens is 1. The fourth-order valence-corrected chi connectivity index (χ4v) is 4.86. The smallest absolute Gasteiger partial charge is 0.169 e. The second kappa shape index (κ2) is 10.6. The molecule has 1 unspecified atom stereocenters. The van der Waals surface area contributed by atoms with Crippen LogP contribution in [0.1, 0.15) is 23.6 Å². The lowest BCUT2D eigenvalue weighted by Crippen LogP contribution is -2.25. The Kier molecular flexibility index (Phi) is 7.61. The molecule has 1 fully saturated rings. The van der Waals surface area contributed by atoms with Gasteiger partial charge in [0.2, 0.25) is 0 Å². The van der Waals surface area contributed by atoms with Crippen molar-refractivity contribution in [2.75, 3.05) is 39.8 Å². The van der Waals surface area contributed by atoms with Gasteiger partial charge in [-0.2, -0.15) is 0 Å². The molecule has 0 spiro atoms. The highest BCUT2D eigenvalue weighted by molar-refractivity contribution is 7.90. The molecule has 3 heterocycles. The third-order valence-corrected chi connectivity index (χ3v) is 6.86. The summed E-state index contributed by atoms with van der Waals surface area (Å²) in [6.45, 7) is 1.11. The van der Waals surface area contributed by atoms with E-state index in [1.165, 1.54) is 26.6 Å². The molecule has 1 aliphatic rings. The Morgan fingerprint density at radius 3 is 2.44 bits per heavy atom. The maximum Gasteiger partial charge on any atom is 0.169 e. The molecule has 34 heavy (non-hydrogen) atoms. The molecule has 1 atom stereocenters. The van der Waals surface area contributed by atoms with Gasteiger partial charge >= 0.3 is 0 Å². The molecule has 1 saturated heterocycles. The Morgan fingerprint density at radius 1 is 1.12 bits per heavy atom. The fraction of sp³-hybridized carbons (Fsp3) is 0.429. The van der Waals surface area contributed by atoms with Crippen molar-refractivity contribution >= 4 is 21.4 Å². The molecule has 0 radical (unpaired) electrons. The van der Waals surface area contributed by atoms with Gasteiger partial charge < -0.3 is 18.9 Å². The van der Waals surface area contributed by atoms with E-state index in [0.717, 1.165) is 0 Å². The van der Waals surface area contributed by atoms with E-state index in [2.05, 4.69) is 20.2 Å². The molecule has 0 amide bonds. The lowest BCUT2D eigenvalue weighted by Gasteiger charge is -2.24. The van der Waals surface area contributed by atoms with E-state index in [0.29, 0.717) is 47.1 Å². The number of methoxy groups -OCH3 is 2. The molecule has 0 saturated carbocycles. The van der Waals surface area contributed by atoms with Crippen molar-refractivity contribution < 1.29 is 27.4 Å². The Hall–Kier alpha value is -2.80. The van der Waals surface area contributed by atoms with Crippen molar-refractivity contribution in [3.05, 3.63) is 53.1 Å². The van der Waals surface area contributed by atoms with Crippen LogP contribution in [0.25, 0.3) is 5.69 Å². The molecular weight excluding hydrogens is 486 g/mol. The largest absolute Gasteiger partial charge is 0.494 e. The first-order chi connectivity index (χ1) is 16.4. The fourth-order valence-electron chi connectivity index (χ4n) is 3.55. The highest BCUT2D eigenvalue weighted by Gasteiger charge is 2.30. The summed E-state index contributed by atoms with van der Waals surface area (Å²) in [7, 11) is -0.582. The lowest BCUT2D eigenvalue weighted by molar-refractivity contribution is -0.0942. The molecule has 0 N–H and O–H groups in total. The molecule has 182 valence electrons. The number of benzene rings is 1. The van der Waals surface area contributed by atoms with E-state index in [1.54, 1.807) is 22.8 Å². The summed E-state index contributed by atoms with van der Waals surface area (Å²) >= 11 is 5.80. The number of para-hydroxylation sites is 1. The minimum absolute atomic E-state index is 0.137. The van der Waals surface area contributed by atoms with Gasteiger partial charge in [-0.25, -0.2) is 18.4 Å². The van der Waals surface area contributed by atoms with Crippen LogP contribution < -0.4 is 9.47 Å². The lowest BCUT2D eigenvalue weighted by atomic mass is 10.2. The number of aryl methyl sites for hydroxylation is 1. The number of aromatic nitrogens is 5. The topological polar surface area (TPSA) is 128 Å². The number of rotatable bonds is 9. The summed E-state index contributed by atoms with van der Waals surface area (Å²) in [4.78, 5) is 8.12. The zero-order chi connectivity index (χ0) is 24.1. The summed E-state index contributed by atoms with van der Waals surface area (Å²) in [6.07, 6.45) is 2.46. The van der Waals surface area contributed by atoms with E-state index in [-0.39, 0.29) is 30.4 Å². The van der Waals surface area contributed by atoms with Gasteiger partial charge in [0, 0.05) is 18.8 Å². The number of ether oxygens (including phenoxy) is 4. The van der Waals surface area contributed by atoms with Crippen molar-refractivity contribution in [2.24, 2.45) is 0 Å². The summed E-state index contributed by atoms with van der Waals surface area (Å²) in [5, 5.41) is 8.86. The highest BCUT2D eigenvalue weighted by Crippen LogP contribution is 2.36. The number of sulfone groups is 1. The molecule has 4 rings (SSSR count). The standard InChI is InChI=1S/C21H24ClN5O6S/c1-30-15-4-3-5-16(31-2)20(15)27-19(25-26-21(27)17-12-32-7-8-33-17)13-34(28,29)9-6-18-23-10-14(22)11-24-18/h3-5,10-11,17H,6-9,12-13H2,1-2H3. The molecule has 11 nitrogen and oxygen atoms in total. The maximum absolute atomic E-state index is 13.0. The first-order valence-corrected chi connectivity index (χ1v) is 12.6. The second-order valence-corrected chi connectivity index (χ2v) is 10.0. The maximum atomic E-state index is 13.0. The van der Waals surface area contributed by atoms with Crippen molar-refractivity contribution in [2.45, 2.75) is 18.3 Å². The van der Waals surface area contributed by atoms with Crippen molar-refractivity contribution in [3.8, 4) is 17.2 Å². The van der Waals surface area contributed by atoms with Crippen LogP contribution in [0.2, 0.25) is 5.02 Å². The van der Waals surface area contributed by atoms with Gasteiger partial charge in [0.25, 0.3) is 0 Å². The highest BCUT2D eigenvalue weighted by atomic mass is 35.5. The predicted molar refractivity (Wildman–Crippen MR) is 122 cm³/mol.